The van der Waals surface area contributed by atoms with Gasteiger partial charge in [0.15, 0.2) is 5.78 Å². The summed E-state index contributed by atoms with van der Waals surface area (Å²) in [5, 5.41) is 9.87. The molecule has 1 aliphatic rings. The largest absolute Gasteiger partial charge is 0.507 e. The van der Waals surface area contributed by atoms with Gasteiger partial charge in [-0.05, 0) is 55.4 Å². The molecule has 0 amide bonds. The van der Waals surface area contributed by atoms with Gasteiger partial charge in [-0.25, -0.2) is 0 Å². The number of phenols is 1. The van der Waals surface area contributed by atoms with Gasteiger partial charge in [0.05, 0.1) is 18.6 Å². The minimum atomic E-state index is -0.206. The number of ether oxygens (including phenoxy) is 1. The quantitative estimate of drug-likeness (QED) is 0.678. The van der Waals surface area contributed by atoms with Gasteiger partial charge in [-0.15, -0.1) is 0 Å². The minimum Gasteiger partial charge on any atom is -0.507 e. The highest BCUT2D eigenvalue weighted by Crippen LogP contribution is 2.42. The molecule has 0 spiro atoms. The molecule has 1 unspecified atom stereocenters. The molecule has 1 aromatic rings. The minimum absolute atomic E-state index is 0.0306. The number of carbonyl (C=O) groups is 2. The molecule has 1 aromatic carbocycles. The molecule has 0 aromatic heterocycles. The number of benzene rings is 1. The number of aryl methyl sites for hydroxylation is 1. The summed E-state index contributed by atoms with van der Waals surface area (Å²) >= 11 is 0. The van der Waals surface area contributed by atoms with Gasteiger partial charge in [-0.2, -0.15) is 0 Å². The normalized spacial score (nSPS) is 18.4. The second-order valence-electron chi connectivity index (χ2n) is 5.31. The Morgan fingerprint density at radius 2 is 2.15 bits per heavy atom. The molecule has 2 atom stereocenters. The van der Waals surface area contributed by atoms with Gasteiger partial charge in [0.25, 0.3) is 0 Å². The van der Waals surface area contributed by atoms with Crippen LogP contribution < -0.4 is 0 Å². The standard InChI is InChI=1S/C16H20O4/c1-4-11(16(19)20-3)12-6-5-10-7-15(18)13(9(2)17)8-14(10)12/h7-8,11-12,18H,4-6H2,1-3H3/t11?,12-/m1/s1. The summed E-state index contributed by atoms with van der Waals surface area (Å²) in [6.45, 7) is 3.40. The van der Waals surface area contributed by atoms with E-state index in [4.69, 9.17) is 4.74 Å². The van der Waals surface area contributed by atoms with Crippen LogP contribution in [0.2, 0.25) is 0 Å². The van der Waals surface area contributed by atoms with Crippen LogP contribution in [0.4, 0.5) is 0 Å². The third-order valence-corrected chi connectivity index (χ3v) is 4.19. The molecule has 0 saturated carbocycles. The number of hydrogen-bond donors (Lipinski definition) is 1. The van der Waals surface area contributed by atoms with Crippen LogP contribution in [0.5, 0.6) is 5.75 Å². The van der Waals surface area contributed by atoms with Crippen molar-refractivity contribution >= 4 is 11.8 Å². The number of esters is 1. The summed E-state index contributed by atoms with van der Waals surface area (Å²) < 4.78 is 4.88. The van der Waals surface area contributed by atoms with Crippen molar-refractivity contribution in [2.45, 2.75) is 39.0 Å². The van der Waals surface area contributed by atoms with Gasteiger partial charge in [-0.3, -0.25) is 9.59 Å². The third-order valence-electron chi connectivity index (χ3n) is 4.19. The van der Waals surface area contributed by atoms with E-state index in [1.807, 2.05) is 6.92 Å². The number of methoxy groups -OCH3 is 1. The lowest BCUT2D eigenvalue weighted by Crippen LogP contribution is -2.22. The number of carbonyl (C=O) groups excluding carboxylic acids is 2. The van der Waals surface area contributed by atoms with E-state index in [-0.39, 0.29) is 29.3 Å². The highest BCUT2D eigenvalue weighted by molar-refractivity contribution is 5.97. The maximum Gasteiger partial charge on any atom is 0.309 e. The fourth-order valence-electron chi connectivity index (χ4n) is 3.14. The number of aromatic hydroxyl groups is 1. The summed E-state index contributed by atoms with van der Waals surface area (Å²) in [6, 6.07) is 3.41. The smallest absolute Gasteiger partial charge is 0.309 e. The van der Waals surface area contributed by atoms with Gasteiger partial charge in [0.2, 0.25) is 0 Å². The predicted molar refractivity (Wildman–Crippen MR) is 75.0 cm³/mol. The van der Waals surface area contributed by atoms with Gasteiger partial charge in [0.1, 0.15) is 5.75 Å². The summed E-state index contributed by atoms with van der Waals surface area (Å²) in [5.74, 6) is -0.459. The summed E-state index contributed by atoms with van der Waals surface area (Å²) in [6.07, 6.45) is 2.37. The molecule has 0 radical (unpaired) electrons. The number of fused-ring (bicyclic) bond motifs is 1. The molecule has 0 saturated heterocycles. The summed E-state index contributed by atoms with van der Waals surface area (Å²) in [5.41, 5.74) is 2.36. The van der Waals surface area contributed by atoms with Crippen molar-refractivity contribution in [3.63, 3.8) is 0 Å². The Labute approximate surface area is 118 Å². The van der Waals surface area contributed by atoms with Crippen molar-refractivity contribution in [1.29, 1.82) is 0 Å². The molecule has 108 valence electrons. The number of ketones is 1. The van der Waals surface area contributed by atoms with Crippen LogP contribution in [-0.4, -0.2) is 24.0 Å². The molecule has 1 N–H and O–H groups in total. The molecule has 4 heteroatoms. The second kappa shape index (κ2) is 5.65. The lowest BCUT2D eigenvalue weighted by molar-refractivity contribution is -0.146. The Morgan fingerprint density at radius 1 is 1.45 bits per heavy atom. The molecule has 4 nitrogen and oxygen atoms in total. The van der Waals surface area contributed by atoms with Crippen LogP contribution in [0.25, 0.3) is 0 Å². The van der Waals surface area contributed by atoms with E-state index in [0.29, 0.717) is 12.0 Å². The van der Waals surface area contributed by atoms with Crippen LogP contribution >= 0.6 is 0 Å². The van der Waals surface area contributed by atoms with Crippen molar-refractivity contribution in [2.75, 3.05) is 7.11 Å². The van der Waals surface area contributed by atoms with Gasteiger partial charge < -0.3 is 9.84 Å². The summed E-state index contributed by atoms with van der Waals surface area (Å²) in [4.78, 5) is 23.4. The van der Waals surface area contributed by atoms with E-state index in [2.05, 4.69) is 0 Å². The first kappa shape index (κ1) is 14.6. The van der Waals surface area contributed by atoms with E-state index in [1.165, 1.54) is 14.0 Å². The second-order valence-corrected chi connectivity index (χ2v) is 5.31. The van der Waals surface area contributed by atoms with E-state index >= 15 is 0 Å². The maximum atomic E-state index is 11.9. The highest BCUT2D eigenvalue weighted by atomic mass is 16.5. The molecular formula is C16H20O4. The monoisotopic (exact) mass is 276 g/mol. The number of Topliss-reactive ketones (excluding diaryl/α,β-unsaturated/α-hetero) is 1. The number of rotatable bonds is 4. The first-order chi connectivity index (χ1) is 9.49. The Balaban J connectivity index is 2.43. The van der Waals surface area contributed by atoms with E-state index < -0.39 is 0 Å². The lowest BCUT2D eigenvalue weighted by atomic mass is 9.84. The van der Waals surface area contributed by atoms with E-state index in [9.17, 15) is 14.7 Å². The van der Waals surface area contributed by atoms with Crippen LogP contribution in [0.1, 0.15) is 54.1 Å². The average Bonchev–Trinajstić information content (AvgIpc) is 2.81. The fraction of sp³-hybridized carbons (Fsp3) is 0.500. The first-order valence-corrected chi connectivity index (χ1v) is 6.94. The van der Waals surface area contributed by atoms with Gasteiger partial charge >= 0.3 is 5.97 Å². The van der Waals surface area contributed by atoms with Crippen LogP contribution in [-0.2, 0) is 16.0 Å². The van der Waals surface area contributed by atoms with Crippen molar-refractivity contribution in [1.82, 2.24) is 0 Å². The molecule has 1 aliphatic carbocycles. The van der Waals surface area contributed by atoms with Crippen LogP contribution in [0, 0.1) is 5.92 Å². The molecule has 0 heterocycles. The third kappa shape index (κ3) is 2.42. The maximum absolute atomic E-state index is 11.9. The number of phenolic OH excluding ortho intramolecular Hbond substituents is 1. The van der Waals surface area contributed by atoms with Crippen molar-refractivity contribution in [3.05, 3.63) is 28.8 Å². The molecular weight excluding hydrogens is 256 g/mol. The molecule has 0 bridgehead atoms. The van der Waals surface area contributed by atoms with Crippen molar-refractivity contribution < 1.29 is 19.4 Å². The van der Waals surface area contributed by atoms with Crippen LogP contribution in [0.3, 0.4) is 0 Å². The Morgan fingerprint density at radius 3 is 2.70 bits per heavy atom. The van der Waals surface area contributed by atoms with Gasteiger partial charge in [0, 0.05) is 0 Å². The zero-order valence-corrected chi connectivity index (χ0v) is 12.1. The Kier molecular flexibility index (Phi) is 4.12. The Hall–Kier alpha value is -1.84. The van der Waals surface area contributed by atoms with Crippen molar-refractivity contribution in [2.24, 2.45) is 5.92 Å². The first-order valence-electron chi connectivity index (χ1n) is 6.94. The Bertz CT molecular complexity index is 548. The molecule has 2 rings (SSSR count). The highest BCUT2D eigenvalue weighted by Gasteiger charge is 2.34. The van der Waals surface area contributed by atoms with E-state index in [0.717, 1.165) is 24.0 Å². The predicted octanol–water partition coefficient (Wildman–Crippen LogP) is 2.82. The molecule has 0 fully saturated rings. The zero-order chi connectivity index (χ0) is 14.9. The average molecular weight is 276 g/mol. The lowest BCUT2D eigenvalue weighted by Gasteiger charge is -2.21. The topological polar surface area (TPSA) is 63.6 Å². The summed E-state index contributed by atoms with van der Waals surface area (Å²) in [7, 11) is 1.40. The van der Waals surface area contributed by atoms with Crippen LogP contribution in [0.15, 0.2) is 12.1 Å². The molecule has 20 heavy (non-hydrogen) atoms. The fourth-order valence-corrected chi connectivity index (χ4v) is 3.14. The van der Waals surface area contributed by atoms with Gasteiger partial charge in [-0.1, -0.05) is 6.92 Å². The zero-order valence-electron chi connectivity index (χ0n) is 12.1. The van der Waals surface area contributed by atoms with Crippen molar-refractivity contribution in [3.8, 4) is 5.75 Å². The van der Waals surface area contributed by atoms with E-state index in [1.54, 1.807) is 12.1 Å². The molecule has 0 aliphatic heterocycles. The number of hydrogen-bond acceptors (Lipinski definition) is 4. The SMILES string of the molecule is CCC(C(=O)OC)[C@H]1CCc2cc(O)c(C(C)=O)cc21.